The van der Waals surface area contributed by atoms with Gasteiger partial charge in [-0.25, -0.2) is 18.4 Å². The van der Waals surface area contributed by atoms with Gasteiger partial charge < -0.3 is 10.0 Å². The average Bonchev–Trinajstić information content (AvgIpc) is 3.33. The number of aromatic nitrogens is 5. The number of nitrogens with zero attached hydrogens (tertiary/aromatic N) is 7. The van der Waals surface area contributed by atoms with Crippen molar-refractivity contribution in [3.05, 3.63) is 59.4 Å². The molecule has 1 saturated heterocycles. The molecule has 1 fully saturated rings. The molecule has 1 N–H and O–H groups in total. The first-order valence-electron chi connectivity index (χ1n) is 12.0. The van der Waals surface area contributed by atoms with Crippen LogP contribution < -0.4 is 10.5 Å². The van der Waals surface area contributed by atoms with E-state index in [1.807, 2.05) is 37.5 Å². The largest absolute Gasteiger partial charge is 0.394 e. The second kappa shape index (κ2) is 9.69. The van der Waals surface area contributed by atoms with Crippen LogP contribution in [0.15, 0.2) is 53.8 Å². The summed E-state index contributed by atoms with van der Waals surface area (Å²) in [5.74, 6) is 0. The Balaban J connectivity index is 1.54. The molecule has 1 aliphatic rings. The third kappa shape index (κ3) is 4.87. The number of pyridine rings is 1. The Bertz CT molecular complexity index is 1600. The van der Waals surface area contributed by atoms with Gasteiger partial charge in [-0.15, -0.1) is 0 Å². The quantitative estimate of drug-likeness (QED) is 0.403. The smallest absolute Gasteiger partial charge is 0.261 e. The fraction of sp³-hybridized carbons (Fsp3) is 0.360. The van der Waals surface area contributed by atoms with Crippen molar-refractivity contribution in [3.8, 4) is 22.5 Å². The lowest BCUT2D eigenvalue weighted by molar-refractivity contribution is 0.236. The maximum atomic E-state index is 13.4. The average molecular weight is 524 g/mol. The molecule has 4 aromatic rings. The Morgan fingerprint density at radius 1 is 1.08 bits per heavy atom. The predicted molar refractivity (Wildman–Crippen MR) is 142 cm³/mol. The molecule has 0 unspecified atom stereocenters. The lowest BCUT2D eigenvalue weighted by atomic mass is 10.1. The second-order valence-corrected chi connectivity index (χ2v) is 11.3. The van der Waals surface area contributed by atoms with E-state index >= 15 is 0 Å². The first-order valence-corrected chi connectivity index (χ1v) is 13.8. The minimum absolute atomic E-state index is 0.180. The number of benzene rings is 1. The van der Waals surface area contributed by atoms with E-state index in [2.05, 4.69) is 15.0 Å². The number of fused-ring (bicyclic) bond motifs is 1. The van der Waals surface area contributed by atoms with E-state index in [0.29, 0.717) is 48.5 Å². The fourth-order valence-corrected chi connectivity index (χ4v) is 5.39. The molecule has 1 atom stereocenters. The third-order valence-corrected chi connectivity index (χ3v) is 8.03. The number of hydrogen-bond donors (Lipinski definition) is 1. The van der Waals surface area contributed by atoms with Crippen LogP contribution in [0, 0.1) is 0 Å². The van der Waals surface area contributed by atoms with Crippen LogP contribution in [-0.4, -0.2) is 81.2 Å². The van der Waals surface area contributed by atoms with Crippen LogP contribution in [0.1, 0.15) is 13.0 Å². The highest BCUT2D eigenvalue weighted by molar-refractivity contribution is 7.88. The third-order valence-electron chi connectivity index (χ3n) is 6.72. The molecule has 0 aliphatic carbocycles. The van der Waals surface area contributed by atoms with Crippen LogP contribution in [0.5, 0.6) is 0 Å². The van der Waals surface area contributed by atoms with Gasteiger partial charge in [-0.1, -0.05) is 12.1 Å². The summed E-state index contributed by atoms with van der Waals surface area (Å²) in [5.41, 5.74) is 3.97. The van der Waals surface area contributed by atoms with Crippen LogP contribution in [0.3, 0.4) is 0 Å². The van der Waals surface area contributed by atoms with Gasteiger partial charge in [0, 0.05) is 56.2 Å². The van der Waals surface area contributed by atoms with Gasteiger partial charge in [0.2, 0.25) is 10.0 Å². The maximum Gasteiger partial charge on any atom is 0.261 e. The van der Waals surface area contributed by atoms with Crippen molar-refractivity contribution in [1.29, 1.82) is 0 Å². The van der Waals surface area contributed by atoms with E-state index < -0.39 is 16.1 Å². The molecular weight excluding hydrogens is 494 g/mol. The molecule has 0 saturated carbocycles. The van der Waals surface area contributed by atoms with Gasteiger partial charge in [-0.2, -0.15) is 9.40 Å². The number of aliphatic hydroxyl groups is 1. The Morgan fingerprint density at radius 3 is 2.38 bits per heavy atom. The Kier molecular flexibility index (Phi) is 6.56. The number of anilines is 1. The maximum absolute atomic E-state index is 13.4. The van der Waals surface area contributed by atoms with Crippen molar-refractivity contribution in [2.24, 2.45) is 7.05 Å². The highest BCUT2D eigenvalue weighted by atomic mass is 32.2. The highest BCUT2D eigenvalue weighted by Gasteiger charge is 2.23. The number of aliphatic hydroxyl groups excluding tert-OH is 1. The van der Waals surface area contributed by atoms with Crippen molar-refractivity contribution >= 4 is 26.6 Å². The first-order chi connectivity index (χ1) is 17.7. The van der Waals surface area contributed by atoms with E-state index in [0.717, 1.165) is 16.8 Å². The zero-order valence-electron chi connectivity index (χ0n) is 20.9. The normalized spacial score (nSPS) is 15.8. The van der Waals surface area contributed by atoms with E-state index in [1.54, 1.807) is 23.9 Å². The summed E-state index contributed by atoms with van der Waals surface area (Å²) in [6, 6.07) is 9.19. The van der Waals surface area contributed by atoms with Crippen molar-refractivity contribution in [2.75, 3.05) is 43.9 Å². The second-order valence-electron chi connectivity index (χ2n) is 9.34. The topological polar surface area (TPSA) is 126 Å². The summed E-state index contributed by atoms with van der Waals surface area (Å²) < 4.78 is 28.2. The monoisotopic (exact) mass is 523 g/mol. The lowest BCUT2D eigenvalue weighted by Gasteiger charge is -2.34. The van der Waals surface area contributed by atoms with Crippen molar-refractivity contribution in [1.82, 2.24) is 28.6 Å². The molecule has 0 bridgehead atoms. The summed E-state index contributed by atoms with van der Waals surface area (Å²) in [7, 11) is -1.37. The molecule has 11 nitrogen and oxygen atoms in total. The summed E-state index contributed by atoms with van der Waals surface area (Å²) in [6.07, 6.45) is 6.20. The number of piperazine rings is 1. The molecular formula is C25H29N7O4S. The summed E-state index contributed by atoms with van der Waals surface area (Å²) in [6.45, 7) is 3.70. The van der Waals surface area contributed by atoms with Gasteiger partial charge in [0.25, 0.3) is 5.56 Å². The van der Waals surface area contributed by atoms with Gasteiger partial charge in [0.05, 0.1) is 42.5 Å². The van der Waals surface area contributed by atoms with E-state index in [4.69, 9.17) is 4.98 Å². The summed E-state index contributed by atoms with van der Waals surface area (Å²) in [5, 5.41) is 14.3. The van der Waals surface area contributed by atoms with Gasteiger partial charge >= 0.3 is 0 Å². The molecule has 3 aromatic heterocycles. The van der Waals surface area contributed by atoms with E-state index in [9.17, 15) is 18.3 Å². The number of hydrogen-bond acceptors (Lipinski definition) is 8. The fourth-order valence-electron chi connectivity index (χ4n) is 4.56. The Hall–Kier alpha value is -3.61. The molecule has 4 heterocycles. The lowest BCUT2D eigenvalue weighted by Crippen LogP contribution is -2.48. The molecule has 0 radical (unpaired) electrons. The minimum Gasteiger partial charge on any atom is -0.394 e. The van der Waals surface area contributed by atoms with Crippen molar-refractivity contribution < 1.29 is 13.5 Å². The van der Waals surface area contributed by atoms with E-state index in [1.165, 1.54) is 21.5 Å². The standard InChI is InChI=1S/C25H29N7O4S/c1-17(15-33)32-16-26-24-21(25(32)34)12-22(28-23(24)19-13-27-29(2)14-19)18-4-6-20(7-5-18)30-8-10-31(11-9-30)37(3,35)36/h4-7,12-14,16-17,33H,8-11,15H2,1-3H3/t17-/m0/s1. The predicted octanol–water partition coefficient (Wildman–Crippen LogP) is 1.49. The molecule has 5 rings (SSSR count). The van der Waals surface area contributed by atoms with Crippen molar-refractivity contribution in [3.63, 3.8) is 0 Å². The van der Waals surface area contributed by atoms with Crippen LogP contribution in [-0.2, 0) is 17.1 Å². The molecule has 1 aliphatic heterocycles. The minimum atomic E-state index is -3.19. The summed E-state index contributed by atoms with van der Waals surface area (Å²) >= 11 is 0. The SMILES string of the molecule is C[C@@H](CO)n1cnc2c(-c3cnn(C)c3)nc(-c3ccc(N4CCN(S(C)(=O)=O)CC4)cc3)cc2c1=O. The van der Waals surface area contributed by atoms with Gasteiger partial charge in [0.1, 0.15) is 11.2 Å². The summed E-state index contributed by atoms with van der Waals surface area (Å²) in [4.78, 5) is 24.9. The molecule has 0 spiro atoms. The van der Waals surface area contributed by atoms with Crippen LogP contribution in [0.2, 0.25) is 0 Å². The van der Waals surface area contributed by atoms with Crippen LogP contribution >= 0.6 is 0 Å². The first kappa shape index (κ1) is 25.1. The zero-order chi connectivity index (χ0) is 26.3. The number of aryl methyl sites for hydroxylation is 1. The Morgan fingerprint density at radius 2 is 1.78 bits per heavy atom. The molecule has 1 aromatic carbocycles. The van der Waals surface area contributed by atoms with E-state index in [-0.39, 0.29) is 12.2 Å². The number of rotatable bonds is 6. The van der Waals surface area contributed by atoms with Gasteiger partial charge in [-0.05, 0) is 25.1 Å². The molecule has 194 valence electrons. The van der Waals surface area contributed by atoms with Crippen LogP contribution in [0.4, 0.5) is 5.69 Å². The molecule has 37 heavy (non-hydrogen) atoms. The molecule has 0 amide bonds. The van der Waals surface area contributed by atoms with Crippen molar-refractivity contribution in [2.45, 2.75) is 13.0 Å². The van der Waals surface area contributed by atoms with Crippen LogP contribution in [0.25, 0.3) is 33.4 Å². The van der Waals surface area contributed by atoms with Gasteiger partial charge in [0.15, 0.2) is 0 Å². The number of sulfonamides is 1. The molecule has 12 heteroatoms. The zero-order valence-corrected chi connectivity index (χ0v) is 21.8. The van der Waals surface area contributed by atoms with Gasteiger partial charge in [-0.3, -0.25) is 14.0 Å². The Labute approximate surface area is 214 Å². The highest BCUT2D eigenvalue weighted by Crippen LogP contribution is 2.30.